The fourth-order valence-corrected chi connectivity index (χ4v) is 1.28. The number of carbonyl (C=O) groups is 1. The maximum atomic E-state index is 11.3. The molecule has 88 valence electrons. The van der Waals surface area contributed by atoms with E-state index in [0.717, 1.165) is 0 Å². The van der Waals surface area contributed by atoms with E-state index < -0.39 is 0 Å². The molecular formula is C11H14O5. The summed E-state index contributed by atoms with van der Waals surface area (Å²) in [5, 5.41) is 9.65. The van der Waals surface area contributed by atoms with E-state index in [1.807, 2.05) is 0 Å². The Morgan fingerprint density at radius 1 is 1.38 bits per heavy atom. The van der Waals surface area contributed by atoms with Crippen LogP contribution in [0.3, 0.4) is 0 Å². The lowest BCUT2D eigenvalue weighted by molar-refractivity contribution is 0.0499. The smallest absolute Gasteiger partial charge is 0.188 e. The largest absolute Gasteiger partial charge is 0.507 e. The van der Waals surface area contributed by atoms with E-state index in [1.54, 1.807) is 0 Å². The Kier molecular flexibility index (Phi) is 4.13. The van der Waals surface area contributed by atoms with Gasteiger partial charge in [0.25, 0.3) is 0 Å². The molecule has 0 radical (unpaired) electrons. The van der Waals surface area contributed by atoms with Crippen LogP contribution in [0.1, 0.15) is 17.3 Å². The summed E-state index contributed by atoms with van der Waals surface area (Å²) in [6, 6.07) is 2.88. The van der Waals surface area contributed by atoms with Gasteiger partial charge in [0.05, 0.1) is 7.11 Å². The van der Waals surface area contributed by atoms with Crippen LogP contribution in [0.2, 0.25) is 0 Å². The molecule has 0 amide bonds. The van der Waals surface area contributed by atoms with Crippen LogP contribution in [0.5, 0.6) is 17.2 Å². The Hall–Kier alpha value is -1.75. The molecular weight excluding hydrogens is 212 g/mol. The summed E-state index contributed by atoms with van der Waals surface area (Å²) in [6.45, 7) is 1.34. The van der Waals surface area contributed by atoms with E-state index in [2.05, 4.69) is 0 Å². The van der Waals surface area contributed by atoms with Gasteiger partial charge in [0.1, 0.15) is 22.8 Å². The Bertz CT molecular complexity index is 386. The van der Waals surface area contributed by atoms with Crippen molar-refractivity contribution in [2.24, 2.45) is 0 Å². The minimum atomic E-state index is -0.286. The minimum absolute atomic E-state index is 0.00706. The summed E-state index contributed by atoms with van der Waals surface area (Å²) in [4.78, 5) is 11.3. The first kappa shape index (κ1) is 12.3. The molecule has 0 aliphatic carbocycles. The zero-order valence-electron chi connectivity index (χ0n) is 9.44. The highest BCUT2D eigenvalue weighted by Gasteiger charge is 2.16. The lowest BCUT2D eigenvalue weighted by Crippen LogP contribution is -2.05. The number of rotatable bonds is 5. The third-order valence-corrected chi connectivity index (χ3v) is 1.97. The van der Waals surface area contributed by atoms with Gasteiger partial charge in [-0.25, -0.2) is 0 Å². The predicted octanol–water partition coefficient (Wildman–Crippen LogP) is 1.59. The second-order valence-corrected chi connectivity index (χ2v) is 3.13. The highest BCUT2D eigenvalue weighted by Crippen LogP contribution is 2.33. The first-order valence-corrected chi connectivity index (χ1v) is 4.63. The molecule has 1 aromatic carbocycles. The van der Waals surface area contributed by atoms with Crippen LogP contribution in [0.25, 0.3) is 0 Å². The lowest BCUT2D eigenvalue weighted by Gasteiger charge is -2.12. The Balaban J connectivity index is 3.17. The Labute approximate surface area is 93.6 Å². The fourth-order valence-electron chi connectivity index (χ4n) is 1.28. The molecule has 16 heavy (non-hydrogen) atoms. The van der Waals surface area contributed by atoms with Gasteiger partial charge in [0.2, 0.25) is 0 Å². The first-order valence-electron chi connectivity index (χ1n) is 4.63. The van der Waals surface area contributed by atoms with Gasteiger partial charge in [-0.1, -0.05) is 0 Å². The number of ether oxygens (including phenoxy) is 3. The first-order chi connectivity index (χ1) is 7.60. The molecule has 0 fully saturated rings. The molecule has 0 atom stereocenters. The van der Waals surface area contributed by atoms with E-state index in [1.165, 1.54) is 33.3 Å². The van der Waals surface area contributed by atoms with E-state index in [9.17, 15) is 9.90 Å². The number of aromatic hydroxyl groups is 1. The standard InChI is InChI=1S/C11H14O5/c1-7(12)11-9(13)4-8(15-3)5-10(11)16-6-14-2/h4-5,13H,6H2,1-3H3. The van der Waals surface area contributed by atoms with Crippen LogP contribution >= 0.6 is 0 Å². The van der Waals surface area contributed by atoms with Crippen molar-refractivity contribution >= 4 is 5.78 Å². The van der Waals surface area contributed by atoms with Gasteiger partial charge in [0, 0.05) is 19.2 Å². The molecule has 5 nitrogen and oxygen atoms in total. The number of methoxy groups -OCH3 is 2. The number of phenolic OH excluding ortho intramolecular Hbond substituents is 1. The molecule has 0 spiro atoms. The normalized spacial score (nSPS) is 9.94. The average Bonchev–Trinajstić information content (AvgIpc) is 2.24. The quantitative estimate of drug-likeness (QED) is 0.610. The van der Waals surface area contributed by atoms with Crippen molar-refractivity contribution in [1.82, 2.24) is 0 Å². The zero-order chi connectivity index (χ0) is 12.1. The van der Waals surface area contributed by atoms with Crippen molar-refractivity contribution in [1.29, 1.82) is 0 Å². The number of hydrogen-bond acceptors (Lipinski definition) is 5. The SMILES string of the molecule is COCOc1cc(OC)cc(O)c1C(C)=O. The Morgan fingerprint density at radius 2 is 2.06 bits per heavy atom. The number of ketones is 1. The maximum absolute atomic E-state index is 11.3. The third kappa shape index (κ3) is 2.64. The van der Waals surface area contributed by atoms with Crippen molar-refractivity contribution in [3.63, 3.8) is 0 Å². The molecule has 0 aliphatic rings. The molecule has 1 N–H and O–H groups in total. The molecule has 0 heterocycles. The zero-order valence-corrected chi connectivity index (χ0v) is 9.44. The molecule has 0 unspecified atom stereocenters. The highest BCUT2D eigenvalue weighted by atomic mass is 16.7. The summed E-state index contributed by atoms with van der Waals surface area (Å²) < 4.78 is 14.9. The van der Waals surface area contributed by atoms with Gasteiger partial charge in [-0.15, -0.1) is 0 Å². The van der Waals surface area contributed by atoms with Gasteiger partial charge >= 0.3 is 0 Å². The number of carbonyl (C=O) groups excluding carboxylic acids is 1. The topological polar surface area (TPSA) is 65.0 Å². The molecule has 0 aliphatic heterocycles. The van der Waals surface area contributed by atoms with Crippen molar-refractivity contribution in [3.8, 4) is 17.2 Å². The van der Waals surface area contributed by atoms with Crippen LogP contribution < -0.4 is 9.47 Å². The lowest BCUT2D eigenvalue weighted by atomic mass is 10.1. The minimum Gasteiger partial charge on any atom is -0.507 e. The van der Waals surface area contributed by atoms with Gasteiger partial charge in [0.15, 0.2) is 12.6 Å². The van der Waals surface area contributed by atoms with Gasteiger partial charge < -0.3 is 19.3 Å². The average molecular weight is 226 g/mol. The van der Waals surface area contributed by atoms with E-state index >= 15 is 0 Å². The summed E-state index contributed by atoms with van der Waals surface area (Å²) in [6.07, 6.45) is 0. The van der Waals surface area contributed by atoms with Crippen LogP contribution in [0.4, 0.5) is 0 Å². The van der Waals surface area contributed by atoms with E-state index in [0.29, 0.717) is 5.75 Å². The summed E-state index contributed by atoms with van der Waals surface area (Å²) >= 11 is 0. The molecule has 0 saturated carbocycles. The number of Topliss-reactive ketones (excluding diaryl/α,β-unsaturated/α-hetero) is 1. The summed E-state index contributed by atoms with van der Waals surface area (Å²) in [5.74, 6) is 0.198. The second-order valence-electron chi connectivity index (χ2n) is 3.13. The van der Waals surface area contributed by atoms with Crippen LogP contribution in [-0.2, 0) is 4.74 Å². The summed E-state index contributed by atoms with van der Waals surface area (Å²) in [5.41, 5.74) is 0.123. The summed E-state index contributed by atoms with van der Waals surface area (Å²) in [7, 11) is 2.93. The number of benzene rings is 1. The molecule has 0 bridgehead atoms. The van der Waals surface area contributed by atoms with Crippen LogP contribution in [-0.4, -0.2) is 31.9 Å². The predicted molar refractivity (Wildman–Crippen MR) is 57.2 cm³/mol. The monoisotopic (exact) mass is 226 g/mol. The molecule has 0 aromatic heterocycles. The highest BCUT2D eigenvalue weighted by molar-refractivity contribution is 5.99. The van der Waals surface area contributed by atoms with Crippen molar-refractivity contribution in [3.05, 3.63) is 17.7 Å². The number of phenols is 1. The fraction of sp³-hybridized carbons (Fsp3) is 0.364. The number of hydrogen-bond donors (Lipinski definition) is 1. The van der Waals surface area contributed by atoms with Crippen molar-refractivity contribution in [2.75, 3.05) is 21.0 Å². The van der Waals surface area contributed by atoms with E-state index in [-0.39, 0.29) is 29.6 Å². The van der Waals surface area contributed by atoms with Gasteiger partial charge in [-0.2, -0.15) is 0 Å². The molecule has 5 heteroatoms. The van der Waals surface area contributed by atoms with Gasteiger partial charge in [-0.3, -0.25) is 4.79 Å². The molecule has 0 saturated heterocycles. The van der Waals surface area contributed by atoms with Crippen molar-refractivity contribution in [2.45, 2.75) is 6.92 Å². The van der Waals surface area contributed by atoms with Crippen molar-refractivity contribution < 1.29 is 24.1 Å². The van der Waals surface area contributed by atoms with E-state index in [4.69, 9.17) is 14.2 Å². The Morgan fingerprint density at radius 3 is 2.56 bits per heavy atom. The maximum Gasteiger partial charge on any atom is 0.188 e. The third-order valence-electron chi connectivity index (χ3n) is 1.97. The van der Waals surface area contributed by atoms with Crippen LogP contribution in [0.15, 0.2) is 12.1 Å². The van der Waals surface area contributed by atoms with Gasteiger partial charge in [-0.05, 0) is 6.92 Å². The molecule has 1 rings (SSSR count). The van der Waals surface area contributed by atoms with Crippen LogP contribution in [0, 0.1) is 0 Å². The second kappa shape index (κ2) is 5.37. The molecule has 1 aromatic rings.